The molecule has 1 atom stereocenters. The summed E-state index contributed by atoms with van der Waals surface area (Å²) in [7, 11) is -1.42. The third-order valence-corrected chi connectivity index (χ3v) is 6.30. The van der Waals surface area contributed by atoms with Crippen LogP contribution in [0.3, 0.4) is 0 Å². The summed E-state index contributed by atoms with van der Waals surface area (Å²) in [6, 6.07) is 4.04. The van der Waals surface area contributed by atoms with Crippen molar-refractivity contribution in [3.05, 3.63) is 42.0 Å². The lowest BCUT2D eigenvalue weighted by atomic mass is 10.1. The molecule has 2 aromatic rings. The molecule has 3 rings (SSSR count). The lowest BCUT2D eigenvalue weighted by molar-refractivity contribution is 0.0600. The first kappa shape index (κ1) is 20.9. The van der Waals surface area contributed by atoms with Crippen LogP contribution in [-0.4, -0.2) is 62.1 Å². The van der Waals surface area contributed by atoms with Crippen molar-refractivity contribution in [3.63, 3.8) is 0 Å². The summed E-state index contributed by atoms with van der Waals surface area (Å²) in [6.07, 6.45) is 2.58. The molecule has 1 aromatic carbocycles. The summed E-state index contributed by atoms with van der Waals surface area (Å²) in [5.74, 6) is -1.14. The molecule has 0 aliphatic carbocycles. The first-order chi connectivity index (χ1) is 13.8. The summed E-state index contributed by atoms with van der Waals surface area (Å²) >= 11 is 0. The first-order valence-corrected chi connectivity index (χ1v) is 10.2. The zero-order valence-electron chi connectivity index (χ0n) is 15.9. The summed E-state index contributed by atoms with van der Waals surface area (Å²) in [5.41, 5.74) is 0.0939. The predicted molar refractivity (Wildman–Crippen MR) is 98.7 cm³/mol. The summed E-state index contributed by atoms with van der Waals surface area (Å²) in [5, 5.41) is 0. The fraction of sp³-hybridized carbons (Fsp3) is 0.389. The number of methoxy groups -OCH3 is 2. The van der Waals surface area contributed by atoms with Crippen LogP contribution in [0, 0.1) is 5.82 Å². The Balaban J connectivity index is 1.84. The molecular formula is C18H20FN3O6S. The van der Waals surface area contributed by atoms with Gasteiger partial charge < -0.3 is 14.2 Å². The van der Waals surface area contributed by atoms with Gasteiger partial charge in [0.1, 0.15) is 16.7 Å². The second-order valence-corrected chi connectivity index (χ2v) is 8.19. The molecule has 1 aromatic heterocycles. The molecule has 156 valence electrons. The van der Waals surface area contributed by atoms with Gasteiger partial charge in [-0.2, -0.15) is 4.31 Å². The third-order valence-electron chi connectivity index (χ3n) is 4.41. The van der Waals surface area contributed by atoms with Gasteiger partial charge in [0.05, 0.1) is 38.7 Å². The number of esters is 1. The summed E-state index contributed by atoms with van der Waals surface area (Å²) in [4.78, 5) is 19.2. The van der Waals surface area contributed by atoms with E-state index in [1.165, 1.54) is 36.7 Å². The zero-order chi connectivity index (χ0) is 21.0. The van der Waals surface area contributed by atoms with Crippen molar-refractivity contribution in [2.24, 2.45) is 0 Å². The number of carbonyl (C=O) groups excluding carboxylic acids is 1. The van der Waals surface area contributed by atoms with E-state index in [-0.39, 0.29) is 35.3 Å². The smallest absolute Gasteiger partial charge is 0.337 e. The minimum atomic E-state index is -3.98. The molecule has 1 unspecified atom stereocenters. The molecule has 11 heteroatoms. The second kappa shape index (κ2) is 8.70. The summed E-state index contributed by atoms with van der Waals surface area (Å²) in [6.45, 7) is 0.326. The highest BCUT2D eigenvalue weighted by atomic mass is 32.2. The van der Waals surface area contributed by atoms with E-state index in [2.05, 4.69) is 14.7 Å². The molecule has 9 nitrogen and oxygen atoms in total. The minimum absolute atomic E-state index is 0.0269. The molecule has 0 N–H and O–H groups in total. The number of aromatic nitrogens is 2. The van der Waals surface area contributed by atoms with Crippen molar-refractivity contribution in [2.75, 3.05) is 27.3 Å². The van der Waals surface area contributed by atoms with E-state index in [0.717, 1.165) is 12.4 Å². The molecule has 0 amide bonds. The predicted octanol–water partition coefficient (Wildman–Crippen LogP) is 1.64. The Morgan fingerprint density at radius 3 is 2.62 bits per heavy atom. The van der Waals surface area contributed by atoms with Crippen LogP contribution in [0.15, 0.2) is 35.5 Å². The average Bonchev–Trinajstić information content (AvgIpc) is 2.74. The van der Waals surface area contributed by atoms with Gasteiger partial charge in [0.15, 0.2) is 5.82 Å². The molecule has 1 fully saturated rings. The number of rotatable bonds is 6. The maximum absolute atomic E-state index is 13.2. The van der Waals surface area contributed by atoms with Crippen LogP contribution in [-0.2, 0) is 14.8 Å². The van der Waals surface area contributed by atoms with E-state index < -0.39 is 27.9 Å². The van der Waals surface area contributed by atoms with Crippen LogP contribution >= 0.6 is 0 Å². The molecule has 1 aliphatic rings. The van der Waals surface area contributed by atoms with Crippen LogP contribution in [0.1, 0.15) is 23.2 Å². The van der Waals surface area contributed by atoms with Crippen molar-refractivity contribution in [3.8, 4) is 11.8 Å². The van der Waals surface area contributed by atoms with Gasteiger partial charge in [0, 0.05) is 6.54 Å². The Morgan fingerprint density at radius 1 is 1.24 bits per heavy atom. The van der Waals surface area contributed by atoms with Gasteiger partial charge in [-0.05, 0) is 31.0 Å². The molecule has 1 saturated heterocycles. The fourth-order valence-electron chi connectivity index (χ4n) is 2.99. The summed E-state index contributed by atoms with van der Waals surface area (Å²) < 4.78 is 56.1. The zero-order valence-corrected chi connectivity index (χ0v) is 16.7. The fourth-order valence-corrected chi connectivity index (χ4v) is 4.68. The number of halogens is 1. The highest BCUT2D eigenvalue weighted by Gasteiger charge is 2.34. The van der Waals surface area contributed by atoms with Gasteiger partial charge >= 0.3 is 12.0 Å². The van der Waals surface area contributed by atoms with Crippen molar-refractivity contribution in [1.82, 2.24) is 14.3 Å². The van der Waals surface area contributed by atoms with Crippen molar-refractivity contribution in [1.29, 1.82) is 0 Å². The maximum atomic E-state index is 13.2. The van der Waals surface area contributed by atoms with E-state index in [4.69, 9.17) is 9.47 Å². The van der Waals surface area contributed by atoms with Crippen LogP contribution in [0.2, 0.25) is 0 Å². The normalized spacial score (nSPS) is 17.6. The van der Waals surface area contributed by atoms with E-state index in [1.54, 1.807) is 0 Å². The third kappa shape index (κ3) is 4.62. The van der Waals surface area contributed by atoms with Gasteiger partial charge in [0.25, 0.3) is 0 Å². The van der Waals surface area contributed by atoms with Crippen molar-refractivity contribution >= 4 is 16.0 Å². The molecule has 0 radical (unpaired) electrons. The number of carbonyl (C=O) groups is 1. The van der Waals surface area contributed by atoms with Gasteiger partial charge in [-0.1, -0.05) is 0 Å². The van der Waals surface area contributed by atoms with Gasteiger partial charge in [-0.25, -0.2) is 27.6 Å². The number of piperidine rings is 1. The van der Waals surface area contributed by atoms with Crippen LogP contribution in [0.5, 0.6) is 11.8 Å². The quantitative estimate of drug-likeness (QED) is 0.643. The molecule has 0 spiro atoms. The molecule has 29 heavy (non-hydrogen) atoms. The highest BCUT2D eigenvalue weighted by molar-refractivity contribution is 7.89. The van der Waals surface area contributed by atoms with E-state index >= 15 is 0 Å². The Hall–Kier alpha value is -2.79. The Labute approximate surface area is 167 Å². The number of hydrogen-bond acceptors (Lipinski definition) is 8. The van der Waals surface area contributed by atoms with Crippen molar-refractivity contribution in [2.45, 2.75) is 23.8 Å². The van der Waals surface area contributed by atoms with Crippen LogP contribution in [0.25, 0.3) is 0 Å². The van der Waals surface area contributed by atoms with Crippen molar-refractivity contribution < 1.29 is 31.8 Å². The highest BCUT2D eigenvalue weighted by Crippen LogP contribution is 2.30. The number of benzene rings is 1. The topological polar surface area (TPSA) is 108 Å². The van der Waals surface area contributed by atoms with E-state index in [1.807, 2.05) is 0 Å². The number of hydrogen-bond donors (Lipinski definition) is 0. The molecule has 1 aliphatic heterocycles. The maximum Gasteiger partial charge on any atom is 0.337 e. The molecule has 0 saturated carbocycles. The lowest BCUT2D eigenvalue weighted by Gasteiger charge is -2.31. The monoisotopic (exact) mass is 425 g/mol. The molecule has 0 bridgehead atoms. The number of ether oxygens (including phenoxy) is 3. The van der Waals surface area contributed by atoms with Gasteiger partial charge in [-0.3, -0.25) is 0 Å². The Kier molecular flexibility index (Phi) is 6.28. The molecular weight excluding hydrogens is 405 g/mol. The number of nitrogens with zero attached hydrogens (tertiary/aromatic N) is 3. The van der Waals surface area contributed by atoms with Gasteiger partial charge in [-0.15, -0.1) is 0 Å². The van der Waals surface area contributed by atoms with Crippen LogP contribution in [0.4, 0.5) is 4.39 Å². The number of sulfonamides is 1. The second-order valence-electron chi connectivity index (χ2n) is 6.29. The first-order valence-electron chi connectivity index (χ1n) is 8.76. The largest absolute Gasteiger partial charge is 0.495 e. The lowest BCUT2D eigenvalue weighted by Crippen LogP contribution is -2.44. The van der Waals surface area contributed by atoms with E-state index in [0.29, 0.717) is 12.8 Å². The molecule has 2 heterocycles. The van der Waals surface area contributed by atoms with E-state index in [9.17, 15) is 17.6 Å². The Bertz CT molecular complexity index is 984. The average molecular weight is 425 g/mol. The van der Waals surface area contributed by atoms with Crippen LogP contribution < -0.4 is 9.47 Å². The standard InChI is InChI=1S/C18H20FN3O6S/c1-26-15-6-5-12(17(23)27-2)8-16(15)29(24,25)22-7-3-4-14(11-22)28-18-20-9-13(19)10-21-18/h5-6,8-10,14H,3-4,7,11H2,1-2H3. The SMILES string of the molecule is COC(=O)c1ccc(OC)c(S(=O)(=O)N2CCCC(Oc3ncc(F)cn3)C2)c1. The Morgan fingerprint density at radius 2 is 1.97 bits per heavy atom. The van der Waals surface area contributed by atoms with Gasteiger partial charge in [0.2, 0.25) is 10.0 Å². The minimum Gasteiger partial charge on any atom is -0.495 e.